The number of ketones is 1. The zero-order valence-corrected chi connectivity index (χ0v) is 16.3. The summed E-state index contributed by atoms with van der Waals surface area (Å²) in [6, 6.07) is 13.0. The second kappa shape index (κ2) is 9.34. The lowest BCUT2D eigenvalue weighted by molar-refractivity contribution is -0.141. The Morgan fingerprint density at radius 1 is 1.07 bits per heavy atom. The van der Waals surface area contributed by atoms with Gasteiger partial charge in [0.25, 0.3) is 5.91 Å². The van der Waals surface area contributed by atoms with Gasteiger partial charge in [0.15, 0.2) is 6.61 Å². The van der Waals surface area contributed by atoms with Crippen LogP contribution in [0.2, 0.25) is 5.02 Å². The van der Waals surface area contributed by atoms with Crippen LogP contribution in [0.15, 0.2) is 48.5 Å². The van der Waals surface area contributed by atoms with Crippen LogP contribution in [0, 0.1) is 0 Å². The number of Topliss-reactive ketones (excluding diaryl/α,β-unsaturated/α-hetero) is 1. The fraction of sp³-hybridized carbons (Fsp3) is 0.238. The molecule has 150 valence electrons. The first-order chi connectivity index (χ1) is 14.0. The Morgan fingerprint density at radius 3 is 2.45 bits per heavy atom. The number of esters is 1. The first-order valence-corrected chi connectivity index (χ1v) is 9.45. The summed E-state index contributed by atoms with van der Waals surface area (Å²) in [5.74, 6) is -1.56. The van der Waals surface area contributed by atoms with Crippen LogP contribution in [0.1, 0.15) is 33.6 Å². The molecule has 2 aromatic carbocycles. The number of rotatable bonds is 7. The van der Waals surface area contributed by atoms with Gasteiger partial charge in [-0.05, 0) is 42.8 Å². The van der Waals surface area contributed by atoms with Crippen LogP contribution in [0.25, 0.3) is 0 Å². The van der Waals surface area contributed by atoms with Crippen molar-refractivity contribution in [2.24, 2.45) is 0 Å². The summed E-state index contributed by atoms with van der Waals surface area (Å²) in [6.45, 7) is -0.166. The molecule has 1 aliphatic rings. The zero-order valence-electron chi connectivity index (χ0n) is 15.5. The largest absolute Gasteiger partial charge is 0.456 e. The van der Waals surface area contributed by atoms with Crippen LogP contribution in [0.4, 0.5) is 5.69 Å². The van der Waals surface area contributed by atoms with Crippen LogP contribution in [-0.4, -0.2) is 43.3 Å². The van der Waals surface area contributed by atoms with E-state index in [0.717, 1.165) is 12.1 Å². The number of nitrogens with one attached hydrogen (secondary N) is 1. The van der Waals surface area contributed by atoms with Gasteiger partial charge in [0.05, 0.1) is 5.02 Å². The van der Waals surface area contributed by atoms with Gasteiger partial charge in [-0.2, -0.15) is 0 Å². The highest BCUT2D eigenvalue weighted by Crippen LogP contribution is 2.21. The summed E-state index contributed by atoms with van der Waals surface area (Å²) in [5.41, 5.74) is 1.35. The lowest BCUT2D eigenvalue weighted by atomic mass is 10.1. The predicted octanol–water partition coefficient (Wildman–Crippen LogP) is 2.62. The van der Waals surface area contributed by atoms with Gasteiger partial charge in [-0.1, -0.05) is 23.7 Å². The molecule has 0 radical (unpaired) electrons. The number of ether oxygens (including phenoxy) is 1. The number of halogens is 1. The highest BCUT2D eigenvalue weighted by Gasteiger charge is 2.21. The maximum atomic E-state index is 12.2. The van der Waals surface area contributed by atoms with E-state index in [1.54, 1.807) is 53.4 Å². The minimum Gasteiger partial charge on any atom is -0.456 e. The SMILES string of the molecule is O=C(CNC(=O)c1ccc(N2CCCC2=O)cc1)OCC(=O)c1ccccc1Cl. The molecule has 8 heteroatoms. The Labute approximate surface area is 172 Å². The van der Waals surface area contributed by atoms with Gasteiger partial charge in [-0.3, -0.25) is 19.2 Å². The van der Waals surface area contributed by atoms with Gasteiger partial charge >= 0.3 is 5.97 Å². The van der Waals surface area contributed by atoms with Crippen molar-refractivity contribution in [1.82, 2.24) is 5.32 Å². The summed E-state index contributed by atoms with van der Waals surface area (Å²) in [4.78, 5) is 49.4. The molecule has 1 saturated heterocycles. The molecule has 0 bridgehead atoms. The van der Waals surface area contributed by atoms with Crippen molar-refractivity contribution in [1.29, 1.82) is 0 Å². The zero-order chi connectivity index (χ0) is 20.8. The van der Waals surface area contributed by atoms with E-state index in [-0.39, 0.29) is 23.0 Å². The molecule has 3 rings (SSSR count). The minimum atomic E-state index is -0.738. The molecule has 0 atom stereocenters. The third-order valence-corrected chi connectivity index (χ3v) is 4.78. The fourth-order valence-electron chi connectivity index (χ4n) is 2.93. The molecule has 0 saturated carbocycles. The minimum absolute atomic E-state index is 0.0660. The van der Waals surface area contributed by atoms with Crippen molar-refractivity contribution in [2.75, 3.05) is 24.6 Å². The maximum Gasteiger partial charge on any atom is 0.325 e. The molecule has 2 amide bonds. The van der Waals surface area contributed by atoms with E-state index in [4.69, 9.17) is 16.3 Å². The molecule has 1 fully saturated rings. The van der Waals surface area contributed by atoms with Crippen molar-refractivity contribution < 1.29 is 23.9 Å². The molecule has 7 nitrogen and oxygen atoms in total. The standard InChI is InChI=1S/C21H19ClN2O5/c22-17-5-2-1-4-16(17)18(25)13-29-20(27)12-23-21(28)14-7-9-15(10-8-14)24-11-3-6-19(24)26/h1-2,4-5,7-10H,3,6,11-13H2,(H,23,28). The van der Waals surface area contributed by atoms with Gasteiger partial charge in [0.2, 0.25) is 11.7 Å². The summed E-state index contributed by atoms with van der Waals surface area (Å²) in [5, 5.41) is 2.72. The fourth-order valence-corrected chi connectivity index (χ4v) is 3.17. The van der Waals surface area contributed by atoms with Crippen molar-refractivity contribution in [3.05, 3.63) is 64.7 Å². The molecule has 0 spiro atoms. The van der Waals surface area contributed by atoms with E-state index in [0.29, 0.717) is 18.5 Å². The number of anilines is 1. The topological polar surface area (TPSA) is 92.8 Å². The number of hydrogen-bond donors (Lipinski definition) is 1. The summed E-state index contributed by atoms with van der Waals surface area (Å²) < 4.78 is 4.89. The molecule has 2 aromatic rings. The molecule has 29 heavy (non-hydrogen) atoms. The summed E-state index contributed by atoms with van der Waals surface area (Å²) in [6.07, 6.45) is 1.35. The highest BCUT2D eigenvalue weighted by atomic mass is 35.5. The molecule has 1 aliphatic heterocycles. The Kier molecular flexibility index (Phi) is 6.61. The van der Waals surface area contributed by atoms with Crippen LogP contribution in [0.3, 0.4) is 0 Å². The molecular weight excluding hydrogens is 396 g/mol. The Balaban J connectivity index is 1.46. The van der Waals surface area contributed by atoms with Crippen molar-refractivity contribution in [3.63, 3.8) is 0 Å². The van der Waals surface area contributed by atoms with Crippen molar-refractivity contribution in [2.45, 2.75) is 12.8 Å². The summed E-state index contributed by atoms with van der Waals surface area (Å²) >= 11 is 5.93. The molecule has 1 heterocycles. The third kappa shape index (κ3) is 5.20. The number of carbonyl (C=O) groups excluding carboxylic acids is 4. The average Bonchev–Trinajstić information content (AvgIpc) is 3.16. The van der Waals surface area contributed by atoms with Crippen molar-refractivity contribution >= 4 is 40.9 Å². The molecule has 0 unspecified atom stereocenters. The second-order valence-corrected chi connectivity index (χ2v) is 6.85. The average molecular weight is 415 g/mol. The predicted molar refractivity (Wildman–Crippen MR) is 107 cm³/mol. The van der Waals surface area contributed by atoms with E-state index >= 15 is 0 Å². The second-order valence-electron chi connectivity index (χ2n) is 6.44. The van der Waals surface area contributed by atoms with Gasteiger partial charge in [0.1, 0.15) is 6.54 Å². The van der Waals surface area contributed by atoms with E-state index in [2.05, 4.69) is 5.32 Å². The number of hydrogen-bond acceptors (Lipinski definition) is 5. The van der Waals surface area contributed by atoms with Crippen LogP contribution >= 0.6 is 11.6 Å². The smallest absolute Gasteiger partial charge is 0.325 e. The third-order valence-electron chi connectivity index (χ3n) is 4.45. The number of nitrogens with zero attached hydrogens (tertiary/aromatic N) is 1. The number of carbonyl (C=O) groups is 4. The van der Waals surface area contributed by atoms with Gasteiger partial charge in [0, 0.05) is 29.8 Å². The Bertz CT molecular complexity index is 942. The lowest BCUT2D eigenvalue weighted by Crippen LogP contribution is -2.31. The highest BCUT2D eigenvalue weighted by molar-refractivity contribution is 6.34. The van der Waals surface area contributed by atoms with Crippen molar-refractivity contribution in [3.8, 4) is 0 Å². The maximum absolute atomic E-state index is 12.2. The monoisotopic (exact) mass is 414 g/mol. The first-order valence-electron chi connectivity index (χ1n) is 9.07. The van der Waals surface area contributed by atoms with Gasteiger partial charge in [-0.15, -0.1) is 0 Å². The molecular formula is C21H19ClN2O5. The molecule has 1 N–H and O–H groups in total. The number of benzene rings is 2. The van der Waals surface area contributed by atoms with Gasteiger partial charge < -0.3 is 15.0 Å². The van der Waals surface area contributed by atoms with Gasteiger partial charge in [-0.25, -0.2) is 0 Å². The van der Waals surface area contributed by atoms with E-state index in [1.165, 1.54) is 0 Å². The first kappa shape index (κ1) is 20.5. The molecule has 0 aliphatic carbocycles. The Hall–Kier alpha value is -3.19. The van der Waals surface area contributed by atoms with Crippen LogP contribution < -0.4 is 10.2 Å². The van der Waals surface area contributed by atoms with Crippen LogP contribution in [-0.2, 0) is 14.3 Å². The lowest BCUT2D eigenvalue weighted by Gasteiger charge is -2.15. The Morgan fingerprint density at radius 2 is 1.79 bits per heavy atom. The van der Waals surface area contributed by atoms with E-state index in [1.807, 2.05) is 0 Å². The number of amides is 2. The summed E-state index contributed by atoms with van der Waals surface area (Å²) in [7, 11) is 0. The van der Waals surface area contributed by atoms with E-state index < -0.39 is 24.3 Å². The van der Waals surface area contributed by atoms with E-state index in [9.17, 15) is 19.2 Å². The normalized spacial score (nSPS) is 13.3. The van der Waals surface area contributed by atoms with Crippen LogP contribution in [0.5, 0.6) is 0 Å². The quantitative estimate of drug-likeness (QED) is 0.555. The molecule has 0 aromatic heterocycles.